The summed E-state index contributed by atoms with van der Waals surface area (Å²) in [6.45, 7) is 5.67. The molecule has 0 saturated carbocycles. The second-order valence-corrected chi connectivity index (χ2v) is 12.1. The van der Waals surface area contributed by atoms with Gasteiger partial charge in [-0.2, -0.15) is 0 Å². The molecular formula is C32H41Cl2N3O7. The number of unbranched alkanes of at least 4 members (excludes halogenated alkanes) is 1. The molecule has 0 aromatic heterocycles. The summed E-state index contributed by atoms with van der Waals surface area (Å²) in [5.41, 5.74) is 0.260. The summed E-state index contributed by atoms with van der Waals surface area (Å²) in [5.74, 6) is -0.508. The molecule has 3 aliphatic rings. The van der Waals surface area contributed by atoms with E-state index in [0.29, 0.717) is 76.6 Å². The summed E-state index contributed by atoms with van der Waals surface area (Å²) in [7, 11) is 0. The smallest absolute Gasteiger partial charge is 0.335 e. The number of carbonyl (C=O) groups excluding carboxylic acids is 2. The van der Waals surface area contributed by atoms with Gasteiger partial charge in [-0.1, -0.05) is 37.1 Å². The molecule has 3 aliphatic heterocycles. The Morgan fingerprint density at radius 3 is 2.43 bits per heavy atom. The van der Waals surface area contributed by atoms with Crippen molar-refractivity contribution >= 4 is 41.8 Å². The predicted molar refractivity (Wildman–Crippen MR) is 168 cm³/mol. The number of benzene rings is 2. The number of likely N-dealkylation sites (tertiary alicyclic amines) is 1. The van der Waals surface area contributed by atoms with Crippen LogP contribution in [0.3, 0.4) is 0 Å². The van der Waals surface area contributed by atoms with Gasteiger partial charge >= 0.3 is 5.97 Å². The van der Waals surface area contributed by atoms with E-state index in [2.05, 4.69) is 17.1 Å². The molecule has 3 saturated heterocycles. The van der Waals surface area contributed by atoms with Gasteiger partial charge < -0.3 is 29.9 Å². The Morgan fingerprint density at radius 1 is 1.14 bits per heavy atom. The molecule has 3 heterocycles. The number of halogens is 2. The average Bonchev–Trinajstić information content (AvgIpc) is 3.02. The highest BCUT2D eigenvalue weighted by Crippen LogP contribution is 2.36. The molecular weight excluding hydrogens is 609 g/mol. The Morgan fingerprint density at radius 2 is 1.82 bits per heavy atom. The van der Waals surface area contributed by atoms with Crippen molar-refractivity contribution in [1.29, 1.82) is 0 Å². The first-order valence-electron chi connectivity index (χ1n) is 15.1. The van der Waals surface area contributed by atoms with E-state index < -0.39 is 23.7 Å². The van der Waals surface area contributed by atoms with Crippen LogP contribution in [0.5, 0.6) is 11.5 Å². The molecule has 2 aromatic rings. The van der Waals surface area contributed by atoms with Crippen molar-refractivity contribution in [2.45, 2.75) is 69.7 Å². The Hall–Kier alpha value is -2.89. The van der Waals surface area contributed by atoms with Crippen LogP contribution < -0.4 is 10.1 Å². The quantitative estimate of drug-likeness (QED) is 0.343. The van der Waals surface area contributed by atoms with Gasteiger partial charge in [0.25, 0.3) is 0 Å². The van der Waals surface area contributed by atoms with Crippen molar-refractivity contribution in [3.8, 4) is 11.5 Å². The molecule has 10 nitrogen and oxygen atoms in total. The van der Waals surface area contributed by atoms with E-state index in [-0.39, 0.29) is 40.7 Å². The molecule has 0 radical (unpaired) electrons. The molecule has 240 valence electrons. The van der Waals surface area contributed by atoms with E-state index in [4.69, 9.17) is 26.2 Å². The first kappa shape index (κ1) is 34.0. The van der Waals surface area contributed by atoms with Gasteiger partial charge in [0.15, 0.2) is 0 Å². The highest BCUT2D eigenvalue weighted by Gasteiger charge is 2.55. The number of rotatable bonds is 10. The molecule has 2 atom stereocenters. The minimum Gasteiger partial charge on any atom is -0.478 e. The highest BCUT2D eigenvalue weighted by atomic mass is 35.5. The number of carboxylic acid groups (broad SMARTS) is 1. The molecule has 2 aromatic carbocycles. The van der Waals surface area contributed by atoms with Crippen LogP contribution in [0, 0.1) is 5.92 Å². The minimum atomic E-state index is -1.06. The fourth-order valence-corrected chi connectivity index (χ4v) is 6.60. The molecule has 5 rings (SSSR count). The van der Waals surface area contributed by atoms with Crippen LogP contribution in [0.1, 0.15) is 61.4 Å². The number of hydrogen-bond acceptors (Lipinski definition) is 7. The number of ether oxygens (including phenoxy) is 2. The number of carbonyl (C=O) groups is 3. The molecule has 1 spiro atoms. The van der Waals surface area contributed by atoms with Crippen LogP contribution in [0.2, 0.25) is 5.02 Å². The first-order chi connectivity index (χ1) is 20.7. The van der Waals surface area contributed by atoms with Crippen molar-refractivity contribution in [2.75, 3.05) is 32.8 Å². The summed E-state index contributed by atoms with van der Waals surface area (Å²) < 4.78 is 11.3. The molecule has 3 fully saturated rings. The lowest BCUT2D eigenvalue weighted by molar-refractivity contribution is -0.166. The summed E-state index contributed by atoms with van der Waals surface area (Å²) in [6.07, 6.45) is 3.19. The topological polar surface area (TPSA) is 129 Å². The monoisotopic (exact) mass is 649 g/mol. The fourth-order valence-electron chi connectivity index (χ4n) is 6.38. The number of piperidine rings is 1. The molecule has 0 aliphatic carbocycles. The Kier molecular flexibility index (Phi) is 11.5. The molecule has 3 N–H and O–H groups in total. The van der Waals surface area contributed by atoms with Gasteiger partial charge in [0, 0.05) is 39.4 Å². The average molecular weight is 651 g/mol. The van der Waals surface area contributed by atoms with E-state index in [1.807, 2.05) is 24.3 Å². The second-order valence-electron chi connectivity index (χ2n) is 11.7. The van der Waals surface area contributed by atoms with E-state index in [0.717, 1.165) is 18.4 Å². The van der Waals surface area contributed by atoms with E-state index in [9.17, 15) is 19.5 Å². The van der Waals surface area contributed by atoms with Crippen molar-refractivity contribution < 1.29 is 34.1 Å². The number of aliphatic hydroxyl groups excluding tert-OH is 1. The summed E-state index contributed by atoms with van der Waals surface area (Å²) >= 11 is 6.20. The number of amides is 2. The third kappa shape index (κ3) is 7.32. The van der Waals surface area contributed by atoms with E-state index in [1.54, 1.807) is 4.90 Å². The number of nitrogens with one attached hydrogen (secondary N) is 1. The maximum absolute atomic E-state index is 13.8. The normalized spacial score (nSPS) is 21.4. The summed E-state index contributed by atoms with van der Waals surface area (Å²) in [6, 6.07) is 11.0. The van der Waals surface area contributed by atoms with Crippen molar-refractivity contribution in [3.63, 3.8) is 0 Å². The highest BCUT2D eigenvalue weighted by molar-refractivity contribution is 6.32. The van der Waals surface area contributed by atoms with Crippen molar-refractivity contribution in [2.24, 2.45) is 5.92 Å². The lowest BCUT2D eigenvalue weighted by atomic mass is 9.79. The van der Waals surface area contributed by atoms with Crippen molar-refractivity contribution in [3.05, 3.63) is 58.6 Å². The summed E-state index contributed by atoms with van der Waals surface area (Å²) in [5, 5.41) is 23.4. The molecule has 0 unspecified atom stereocenters. The van der Waals surface area contributed by atoms with E-state index in [1.165, 1.54) is 18.2 Å². The second kappa shape index (κ2) is 14.9. The zero-order valence-electron chi connectivity index (χ0n) is 24.9. The molecule has 44 heavy (non-hydrogen) atoms. The van der Waals surface area contributed by atoms with Gasteiger partial charge in [-0.3, -0.25) is 14.5 Å². The molecule has 12 heteroatoms. The van der Waals surface area contributed by atoms with Gasteiger partial charge in [0.05, 0.1) is 16.7 Å². The largest absolute Gasteiger partial charge is 0.478 e. The van der Waals surface area contributed by atoms with Gasteiger partial charge in [-0.15, -0.1) is 12.4 Å². The van der Waals surface area contributed by atoms with Gasteiger partial charge in [-0.25, -0.2) is 4.79 Å². The number of hydrogen-bond donors (Lipinski definition) is 3. The SMILES string of the molecule is CCCCN1C(=O)[C@@H]([C@H](O)C2CCOCC2)NC(=O)C12CCN(Cc1ccc(Oc3ccc(C(=O)O)cc3Cl)cc1)CC2.Cl. The Labute approximate surface area is 269 Å². The van der Waals surface area contributed by atoms with Gasteiger partial charge in [0.1, 0.15) is 23.1 Å². The number of carboxylic acids is 1. The van der Waals surface area contributed by atoms with Crippen LogP contribution in [0.25, 0.3) is 0 Å². The lowest BCUT2D eigenvalue weighted by Crippen LogP contribution is -2.75. The number of aliphatic hydroxyl groups is 1. The number of piperazine rings is 1. The maximum Gasteiger partial charge on any atom is 0.335 e. The minimum absolute atomic E-state index is 0. The predicted octanol–water partition coefficient (Wildman–Crippen LogP) is 4.50. The summed E-state index contributed by atoms with van der Waals surface area (Å²) in [4.78, 5) is 42.7. The Balaban J connectivity index is 0.00000442. The van der Waals surface area contributed by atoms with Crippen LogP contribution in [0.4, 0.5) is 0 Å². The third-order valence-electron chi connectivity index (χ3n) is 9.00. The first-order valence-corrected chi connectivity index (χ1v) is 15.5. The van der Waals surface area contributed by atoms with E-state index >= 15 is 0 Å². The molecule has 0 bridgehead atoms. The number of nitrogens with zero attached hydrogens (tertiary/aromatic N) is 2. The van der Waals surface area contributed by atoms with Crippen LogP contribution >= 0.6 is 24.0 Å². The standard InChI is InChI=1S/C32H40ClN3O7.ClH/c1-2-3-14-36-29(38)27(28(37)22-10-17-42-18-11-22)34-31(41)32(36)12-15-35(16-13-32)20-21-4-7-24(8-5-21)43-26-9-6-23(30(39)40)19-25(26)33;/h4-9,19,22,27-28,37H,2-3,10-18,20H2,1H3,(H,34,41)(H,39,40);1H/t27-,28-;/m1./s1. The number of aromatic carboxylic acids is 1. The van der Waals surface area contributed by atoms with Crippen LogP contribution in [-0.4, -0.2) is 88.3 Å². The van der Waals surface area contributed by atoms with Crippen LogP contribution in [0.15, 0.2) is 42.5 Å². The van der Waals surface area contributed by atoms with Gasteiger partial charge in [0.2, 0.25) is 11.8 Å². The van der Waals surface area contributed by atoms with Crippen molar-refractivity contribution in [1.82, 2.24) is 15.1 Å². The third-order valence-corrected chi connectivity index (χ3v) is 9.30. The Bertz CT molecular complexity index is 1310. The lowest BCUT2D eigenvalue weighted by Gasteiger charge is -2.52. The maximum atomic E-state index is 13.8. The van der Waals surface area contributed by atoms with Gasteiger partial charge in [-0.05, 0) is 73.9 Å². The zero-order valence-corrected chi connectivity index (χ0v) is 26.4. The van der Waals surface area contributed by atoms with Crippen LogP contribution in [-0.2, 0) is 20.9 Å². The fraction of sp³-hybridized carbons (Fsp3) is 0.531. The zero-order chi connectivity index (χ0) is 30.6. The molecule has 2 amide bonds.